The van der Waals surface area contributed by atoms with Gasteiger partial charge in [-0.2, -0.15) is 4.98 Å². The average Bonchev–Trinajstić information content (AvgIpc) is 2.19. The normalized spacial score (nSPS) is 16.4. The lowest BCUT2D eigenvalue weighted by Crippen LogP contribution is -2.23. The molecule has 0 amide bonds. The third kappa shape index (κ3) is 1.69. The van der Waals surface area contributed by atoms with Gasteiger partial charge in [0, 0.05) is 11.9 Å². The van der Waals surface area contributed by atoms with Crippen LogP contribution in [-0.2, 0) is 0 Å². The summed E-state index contributed by atoms with van der Waals surface area (Å²) in [5.74, 6) is 0.280. The molecule has 74 valence electrons. The molecule has 0 radical (unpaired) electrons. The summed E-state index contributed by atoms with van der Waals surface area (Å²) < 4.78 is 1.58. The maximum absolute atomic E-state index is 11.5. The molecule has 4 heteroatoms. The SMILES string of the molecule is Nc1ccn(C2=CCCCC2)c(=O)n1. The zero-order chi connectivity index (χ0) is 9.97. The van der Waals surface area contributed by atoms with Gasteiger partial charge in [0.05, 0.1) is 0 Å². The van der Waals surface area contributed by atoms with Gasteiger partial charge in [0.25, 0.3) is 0 Å². The van der Waals surface area contributed by atoms with Crippen LogP contribution in [0.2, 0.25) is 0 Å². The summed E-state index contributed by atoms with van der Waals surface area (Å²) in [5.41, 5.74) is 6.18. The molecule has 2 rings (SSSR count). The summed E-state index contributed by atoms with van der Waals surface area (Å²) in [7, 11) is 0. The number of anilines is 1. The Hall–Kier alpha value is -1.58. The number of rotatable bonds is 1. The minimum Gasteiger partial charge on any atom is -0.383 e. The van der Waals surface area contributed by atoms with Crippen molar-refractivity contribution in [2.75, 3.05) is 5.73 Å². The van der Waals surface area contributed by atoms with Crippen LogP contribution in [0.1, 0.15) is 25.7 Å². The molecule has 0 saturated carbocycles. The van der Waals surface area contributed by atoms with Crippen molar-refractivity contribution in [1.29, 1.82) is 0 Å². The third-order valence-corrected chi connectivity index (χ3v) is 2.40. The smallest absolute Gasteiger partial charge is 0.353 e. The molecule has 1 aromatic heterocycles. The molecule has 1 aliphatic rings. The van der Waals surface area contributed by atoms with Crippen LogP contribution in [-0.4, -0.2) is 9.55 Å². The first-order chi connectivity index (χ1) is 6.77. The van der Waals surface area contributed by atoms with E-state index in [1.54, 1.807) is 16.8 Å². The van der Waals surface area contributed by atoms with E-state index in [2.05, 4.69) is 11.1 Å². The van der Waals surface area contributed by atoms with Crippen LogP contribution in [0.4, 0.5) is 5.82 Å². The first-order valence-electron chi connectivity index (χ1n) is 4.82. The lowest BCUT2D eigenvalue weighted by Gasteiger charge is -2.13. The Labute approximate surface area is 82.1 Å². The first kappa shape index (κ1) is 8.99. The van der Waals surface area contributed by atoms with Crippen LogP contribution in [0, 0.1) is 0 Å². The van der Waals surface area contributed by atoms with Gasteiger partial charge in [0.15, 0.2) is 0 Å². The quantitative estimate of drug-likeness (QED) is 0.726. The van der Waals surface area contributed by atoms with Crippen LogP contribution >= 0.6 is 0 Å². The van der Waals surface area contributed by atoms with E-state index in [0.29, 0.717) is 0 Å². The van der Waals surface area contributed by atoms with Gasteiger partial charge in [0.1, 0.15) is 5.82 Å². The number of nitrogens with two attached hydrogens (primary N) is 1. The second kappa shape index (κ2) is 3.65. The third-order valence-electron chi connectivity index (χ3n) is 2.40. The summed E-state index contributed by atoms with van der Waals surface area (Å²) in [6.45, 7) is 0. The lowest BCUT2D eigenvalue weighted by atomic mass is 10.0. The van der Waals surface area contributed by atoms with Gasteiger partial charge in [0.2, 0.25) is 0 Å². The summed E-state index contributed by atoms with van der Waals surface area (Å²) in [5, 5.41) is 0. The van der Waals surface area contributed by atoms with Crippen LogP contribution in [0.25, 0.3) is 5.70 Å². The Bertz CT molecular complexity index is 420. The molecule has 0 aromatic carbocycles. The van der Waals surface area contributed by atoms with Crippen molar-refractivity contribution in [3.63, 3.8) is 0 Å². The monoisotopic (exact) mass is 191 g/mol. The Morgan fingerprint density at radius 1 is 1.43 bits per heavy atom. The van der Waals surface area contributed by atoms with Gasteiger partial charge in [-0.15, -0.1) is 0 Å². The van der Waals surface area contributed by atoms with Gasteiger partial charge >= 0.3 is 5.69 Å². The van der Waals surface area contributed by atoms with Gasteiger partial charge in [-0.3, -0.25) is 4.57 Å². The zero-order valence-corrected chi connectivity index (χ0v) is 7.94. The Morgan fingerprint density at radius 3 is 2.93 bits per heavy atom. The molecule has 2 N–H and O–H groups in total. The van der Waals surface area contributed by atoms with Crippen molar-refractivity contribution >= 4 is 11.5 Å². The molecule has 0 unspecified atom stereocenters. The summed E-state index contributed by atoms with van der Waals surface area (Å²) in [6, 6.07) is 1.65. The minimum absolute atomic E-state index is 0.279. The number of hydrogen-bond acceptors (Lipinski definition) is 3. The number of aromatic nitrogens is 2. The number of allylic oxidation sites excluding steroid dienone is 2. The van der Waals surface area contributed by atoms with E-state index in [4.69, 9.17) is 5.73 Å². The van der Waals surface area contributed by atoms with E-state index in [9.17, 15) is 4.79 Å². The predicted octanol–water partition coefficient (Wildman–Crippen LogP) is 1.24. The average molecular weight is 191 g/mol. The van der Waals surface area contributed by atoms with Gasteiger partial charge in [-0.1, -0.05) is 6.08 Å². The Morgan fingerprint density at radius 2 is 2.29 bits per heavy atom. The van der Waals surface area contributed by atoms with Gasteiger partial charge in [-0.25, -0.2) is 4.79 Å². The van der Waals surface area contributed by atoms with Crippen LogP contribution in [0.3, 0.4) is 0 Å². The standard InChI is InChI=1S/C10H13N3O/c11-9-6-7-13(10(14)12-9)8-4-2-1-3-5-8/h4,6-7H,1-3,5H2,(H2,11,12,14). The Balaban J connectivity index is 2.41. The molecule has 0 saturated heterocycles. The molecule has 0 bridgehead atoms. The first-order valence-corrected chi connectivity index (χ1v) is 4.82. The lowest BCUT2D eigenvalue weighted by molar-refractivity contribution is 0.708. The maximum Gasteiger partial charge on any atom is 0.353 e. The largest absolute Gasteiger partial charge is 0.383 e. The second-order valence-electron chi connectivity index (χ2n) is 3.45. The number of nitrogens with zero attached hydrogens (tertiary/aromatic N) is 2. The van der Waals surface area contributed by atoms with Crippen LogP contribution in [0.5, 0.6) is 0 Å². The second-order valence-corrected chi connectivity index (χ2v) is 3.45. The van der Waals surface area contributed by atoms with E-state index < -0.39 is 0 Å². The van der Waals surface area contributed by atoms with E-state index in [1.807, 2.05) is 0 Å². The van der Waals surface area contributed by atoms with Gasteiger partial charge < -0.3 is 5.73 Å². The number of nitrogen functional groups attached to an aromatic ring is 1. The zero-order valence-electron chi connectivity index (χ0n) is 7.94. The van der Waals surface area contributed by atoms with E-state index in [-0.39, 0.29) is 11.5 Å². The molecule has 0 aliphatic heterocycles. The molecular weight excluding hydrogens is 178 g/mol. The fourth-order valence-electron chi connectivity index (χ4n) is 1.67. The van der Waals surface area contributed by atoms with E-state index in [0.717, 1.165) is 25.0 Å². The molecular formula is C10H13N3O. The molecule has 0 fully saturated rings. The fraction of sp³-hybridized carbons (Fsp3) is 0.400. The summed E-state index contributed by atoms with van der Waals surface area (Å²) in [6.07, 6.45) is 8.14. The van der Waals surface area contributed by atoms with Crippen molar-refractivity contribution in [2.24, 2.45) is 0 Å². The van der Waals surface area contributed by atoms with Crippen molar-refractivity contribution in [3.05, 3.63) is 28.8 Å². The molecule has 0 atom stereocenters. The molecule has 1 aliphatic carbocycles. The highest BCUT2D eigenvalue weighted by molar-refractivity contribution is 5.46. The fourth-order valence-corrected chi connectivity index (χ4v) is 1.67. The van der Waals surface area contributed by atoms with Crippen molar-refractivity contribution in [3.8, 4) is 0 Å². The molecule has 1 aromatic rings. The highest BCUT2D eigenvalue weighted by Gasteiger charge is 2.07. The molecule has 1 heterocycles. The molecule has 0 spiro atoms. The van der Waals surface area contributed by atoms with Crippen LogP contribution < -0.4 is 11.4 Å². The minimum atomic E-state index is -0.279. The molecule has 14 heavy (non-hydrogen) atoms. The maximum atomic E-state index is 11.5. The summed E-state index contributed by atoms with van der Waals surface area (Å²) in [4.78, 5) is 15.2. The van der Waals surface area contributed by atoms with Crippen molar-refractivity contribution in [2.45, 2.75) is 25.7 Å². The topological polar surface area (TPSA) is 60.9 Å². The van der Waals surface area contributed by atoms with E-state index >= 15 is 0 Å². The van der Waals surface area contributed by atoms with Crippen molar-refractivity contribution in [1.82, 2.24) is 9.55 Å². The van der Waals surface area contributed by atoms with Crippen LogP contribution in [0.15, 0.2) is 23.1 Å². The predicted molar refractivity (Wildman–Crippen MR) is 55.7 cm³/mol. The highest BCUT2D eigenvalue weighted by Crippen LogP contribution is 2.19. The molecule has 4 nitrogen and oxygen atoms in total. The summed E-state index contributed by atoms with van der Waals surface area (Å²) >= 11 is 0. The van der Waals surface area contributed by atoms with Gasteiger partial charge in [-0.05, 0) is 31.7 Å². The number of hydrogen-bond donors (Lipinski definition) is 1. The Kier molecular flexibility index (Phi) is 2.35. The van der Waals surface area contributed by atoms with Crippen molar-refractivity contribution < 1.29 is 0 Å². The highest BCUT2D eigenvalue weighted by atomic mass is 16.1. The van der Waals surface area contributed by atoms with E-state index in [1.165, 1.54) is 6.42 Å².